The second-order valence-corrected chi connectivity index (χ2v) is 7.94. The number of rotatable bonds is 10. The summed E-state index contributed by atoms with van der Waals surface area (Å²) in [7, 11) is 0. The van der Waals surface area contributed by atoms with Gasteiger partial charge in [-0.3, -0.25) is 0 Å². The lowest BCUT2D eigenvalue weighted by molar-refractivity contribution is 0.263. The van der Waals surface area contributed by atoms with E-state index in [-0.39, 0.29) is 12.2 Å². The first kappa shape index (κ1) is 20.1. The fourth-order valence-corrected chi connectivity index (χ4v) is 3.76. The van der Waals surface area contributed by atoms with E-state index in [1.807, 2.05) is 24.3 Å². The van der Waals surface area contributed by atoms with E-state index >= 15 is 0 Å². The summed E-state index contributed by atoms with van der Waals surface area (Å²) >= 11 is 0. The van der Waals surface area contributed by atoms with Gasteiger partial charge in [0.2, 0.25) is 0 Å². The Hall–Kier alpha value is -2.83. The molecule has 0 bridgehead atoms. The first-order valence-corrected chi connectivity index (χ1v) is 11.1. The molecule has 3 aromatic rings. The smallest absolute Gasteiger partial charge is 0.119 e. The molecule has 0 N–H and O–H groups in total. The molecule has 2 unspecified atom stereocenters. The van der Waals surface area contributed by atoms with E-state index < -0.39 is 0 Å². The minimum atomic E-state index is 0.256. The molecule has 162 valence electrons. The molecule has 0 radical (unpaired) electrons. The topological polar surface area (TPSA) is 61.3 Å². The fourth-order valence-electron chi connectivity index (χ4n) is 3.76. The van der Waals surface area contributed by atoms with Crippen LogP contribution in [0.3, 0.4) is 0 Å². The maximum atomic E-state index is 5.78. The highest BCUT2D eigenvalue weighted by atomic mass is 16.6. The van der Waals surface area contributed by atoms with E-state index in [0.717, 1.165) is 54.5 Å². The normalized spacial score (nSPS) is 19.3. The van der Waals surface area contributed by atoms with Crippen molar-refractivity contribution in [1.29, 1.82) is 0 Å². The van der Waals surface area contributed by atoms with E-state index in [9.17, 15) is 0 Å². The Kier molecular flexibility index (Phi) is 5.66. The monoisotopic (exact) mass is 420 g/mol. The van der Waals surface area contributed by atoms with Crippen LogP contribution < -0.4 is 9.47 Å². The van der Waals surface area contributed by atoms with Crippen molar-refractivity contribution in [3.8, 4) is 28.4 Å². The van der Waals surface area contributed by atoms with Crippen LogP contribution in [0.25, 0.3) is 16.9 Å². The number of benzene rings is 2. The largest absolute Gasteiger partial charge is 0.491 e. The highest BCUT2D eigenvalue weighted by molar-refractivity contribution is 5.66. The Morgan fingerprint density at radius 3 is 1.87 bits per heavy atom. The predicted octanol–water partition coefficient (Wildman–Crippen LogP) is 4.22. The summed E-state index contributed by atoms with van der Waals surface area (Å²) in [5.41, 5.74) is 5.70. The van der Waals surface area contributed by atoms with Crippen LogP contribution in [-0.2, 0) is 22.3 Å². The third-order valence-corrected chi connectivity index (χ3v) is 5.66. The zero-order chi connectivity index (χ0) is 21.2. The van der Waals surface area contributed by atoms with Crippen molar-refractivity contribution >= 4 is 0 Å². The van der Waals surface area contributed by atoms with Gasteiger partial charge >= 0.3 is 0 Å². The van der Waals surface area contributed by atoms with E-state index in [2.05, 4.69) is 42.8 Å². The molecule has 2 aliphatic rings. The summed E-state index contributed by atoms with van der Waals surface area (Å²) in [5, 5.41) is 5.02. The summed E-state index contributed by atoms with van der Waals surface area (Å²) in [5.74, 6) is 1.72. The van der Waals surface area contributed by atoms with Crippen molar-refractivity contribution in [3.63, 3.8) is 0 Å². The number of nitrogens with zero attached hydrogens (tertiary/aromatic N) is 2. The third-order valence-electron chi connectivity index (χ3n) is 5.66. The maximum absolute atomic E-state index is 5.78. The maximum Gasteiger partial charge on any atom is 0.119 e. The van der Waals surface area contributed by atoms with Gasteiger partial charge in [-0.15, -0.1) is 0 Å². The quantitative estimate of drug-likeness (QED) is 0.460. The average molecular weight is 421 g/mol. The SMILES string of the molecule is CCc1c(-c2ccc(OCC3CO3)cc2)nn(-c2ccc(OCC3CO3)cc2)c1CC. The van der Waals surface area contributed by atoms with Crippen LogP contribution in [0.5, 0.6) is 11.5 Å². The Bertz CT molecular complexity index is 937. The molecule has 6 nitrogen and oxygen atoms in total. The lowest BCUT2D eigenvalue weighted by Gasteiger charge is -2.09. The minimum absolute atomic E-state index is 0.256. The van der Waals surface area contributed by atoms with Crippen molar-refractivity contribution < 1.29 is 18.9 Å². The second-order valence-electron chi connectivity index (χ2n) is 7.94. The zero-order valence-electron chi connectivity index (χ0n) is 18.0. The van der Waals surface area contributed by atoms with Crippen LogP contribution in [0.2, 0.25) is 0 Å². The molecule has 5 rings (SSSR count). The number of epoxide rings is 2. The Morgan fingerprint density at radius 2 is 1.39 bits per heavy atom. The molecule has 2 atom stereocenters. The Morgan fingerprint density at radius 1 is 0.839 bits per heavy atom. The fraction of sp³-hybridized carbons (Fsp3) is 0.400. The number of aromatic nitrogens is 2. The summed E-state index contributed by atoms with van der Waals surface area (Å²) in [4.78, 5) is 0. The second kappa shape index (κ2) is 8.73. The molecule has 31 heavy (non-hydrogen) atoms. The first-order valence-electron chi connectivity index (χ1n) is 11.1. The number of hydrogen-bond acceptors (Lipinski definition) is 5. The van der Waals surface area contributed by atoms with Crippen LogP contribution >= 0.6 is 0 Å². The lowest BCUT2D eigenvalue weighted by atomic mass is 10.0. The number of ether oxygens (including phenoxy) is 4. The molecular weight excluding hydrogens is 392 g/mol. The van der Waals surface area contributed by atoms with Crippen LogP contribution in [0.4, 0.5) is 0 Å². The van der Waals surface area contributed by atoms with Crippen molar-refractivity contribution in [2.24, 2.45) is 0 Å². The standard InChI is InChI=1S/C25H28N2O4/c1-3-23-24(4-2)27(18-7-11-20(12-8-18)29-14-22-16-31-22)26-25(23)17-5-9-19(10-6-17)28-13-21-15-30-21/h5-12,21-22H,3-4,13-16H2,1-2H3. The average Bonchev–Trinajstić information content (AvgIpc) is 3.74. The van der Waals surface area contributed by atoms with Gasteiger partial charge in [-0.1, -0.05) is 13.8 Å². The van der Waals surface area contributed by atoms with Crippen LogP contribution in [-0.4, -0.2) is 48.4 Å². The minimum Gasteiger partial charge on any atom is -0.491 e. The van der Waals surface area contributed by atoms with Gasteiger partial charge in [-0.25, -0.2) is 4.68 Å². The highest BCUT2D eigenvalue weighted by Crippen LogP contribution is 2.30. The summed E-state index contributed by atoms with van der Waals surface area (Å²) in [6.45, 7) is 7.20. The van der Waals surface area contributed by atoms with Crippen molar-refractivity contribution in [2.75, 3.05) is 26.4 Å². The lowest BCUT2D eigenvalue weighted by Crippen LogP contribution is -2.05. The Balaban J connectivity index is 1.39. The van der Waals surface area contributed by atoms with Crippen molar-refractivity contribution in [2.45, 2.75) is 38.9 Å². The molecule has 0 spiro atoms. The molecule has 0 saturated carbocycles. The molecule has 0 amide bonds. The van der Waals surface area contributed by atoms with Crippen molar-refractivity contribution in [1.82, 2.24) is 9.78 Å². The van der Waals surface area contributed by atoms with Gasteiger partial charge in [0.1, 0.15) is 36.9 Å². The molecule has 2 aliphatic heterocycles. The third kappa shape index (κ3) is 4.60. The molecule has 2 saturated heterocycles. The molecule has 2 fully saturated rings. The predicted molar refractivity (Wildman–Crippen MR) is 118 cm³/mol. The van der Waals surface area contributed by atoms with Gasteiger partial charge in [-0.05, 0) is 61.4 Å². The van der Waals surface area contributed by atoms with Gasteiger partial charge in [0, 0.05) is 16.8 Å². The molecule has 0 aliphatic carbocycles. The molecule has 1 aromatic heterocycles. The highest BCUT2D eigenvalue weighted by Gasteiger charge is 2.24. The molecular formula is C25H28N2O4. The van der Waals surface area contributed by atoms with Crippen LogP contribution in [0, 0.1) is 0 Å². The van der Waals surface area contributed by atoms with Gasteiger partial charge in [0.25, 0.3) is 0 Å². The Labute approximate surface area is 182 Å². The van der Waals surface area contributed by atoms with Crippen molar-refractivity contribution in [3.05, 3.63) is 59.8 Å². The van der Waals surface area contributed by atoms with E-state index in [1.54, 1.807) is 0 Å². The van der Waals surface area contributed by atoms with E-state index in [1.165, 1.54) is 11.3 Å². The summed E-state index contributed by atoms with van der Waals surface area (Å²) < 4.78 is 24.0. The van der Waals surface area contributed by atoms with E-state index in [4.69, 9.17) is 24.0 Å². The first-order chi connectivity index (χ1) is 15.2. The van der Waals surface area contributed by atoms with Crippen LogP contribution in [0.15, 0.2) is 48.5 Å². The summed E-state index contributed by atoms with van der Waals surface area (Å²) in [6.07, 6.45) is 2.35. The molecule has 3 heterocycles. The molecule has 6 heteroatoms. The van der Waals surface area contributed by atoms with E-state index in [0.29, 0.717) is 13.2 Å². The summed E-state index contributed by atoms with van der Waals surface area (Å²) in [6, 6.07) is 16.3. The number of hydrogen-bond donors (Lipinski definition) is 0. The van der Waals surface area contributed by atoms with Gasteiger partial charge in [0.15, 0.2) is 0 Å². The molecule has 2 aromatic carbocycles. The van der Waals surface area contributed by atoms with Gasteiger partial charge < -0.3 is 18.9 Å². The van der Waals surface area contributed by atoms with Gasteiger partial charge in [0.05, 0.1) is 24.6 Å². The van der Waals surface area contributed by atoms with Gasteiger partial charge in [-0.2, -0.15) is 5.10 Å². The van der Waals surface area contributed by atoms with Crippen LogP contribution in [0.1, 0.15) is 25.1 Å². The zero-order valence-corrected chi connectivity index (χ0v) is 18.0.